The molecule has 2 atom stereocenters. The maximum Gasteiger partial charge on any atom is 0.404 e. The maximum atomic E-state index is 13.4. The highest BCUT2D eigenvalue weighted by Gasteiger charge is 2.37. The largest absolute Gasteiger partial charge is 0.465 e. The molecular formula is C28H34FN7O2S. The second-order valence-corrected chi connectivity index (χ2v) is 11.9. The predicted octanol–water partition coefficient (Wildman–Crippen LogP) is 5.97. The van der Waals surface area contributed by atoms with Crippen molar-refractivity contribution in [1.29, 1.82) is 0 Å². The summed E-state index contributed by atoms with van der Waals surface area (Å²) in [6, 6.07) is 10.3. The Morgan fingerprint density at radius 2 is 1.95 bits per heavy atom. The zero-order valence-corrected chi connectivity index (χ0v) is 23.7. The maximum absolute atomic E-state index is 13.4. The summed E-state index contributed by atoms with van der Waals surface area (Å²) in [5, 5.41) is 19.8. The molecule has 1 fully saturated rings. The lowest BCUT2D eigenvalue weighted by atomic mass is 9.79. The van der Waals surface area contributed by atoms with Crippen molar-refractivity contribution in [2.24, 2.45) is 5.41 Å². The summed E-state index contributed by atoms with van der Waals surface area (Å²) < 4.78 is 15.3. The standard InChI is InChI=1S/C28H34FN7O2S/c1-6-20-25(34(5)26-32-21(16-39-26)17-7-9-18(29)10-8-17)36-23(31-20)11-12-24(33-36)35-14-13-19(30-27(37)38)15-22(35)28(2,3)4/h7-12,16,19,22,30H,6,13-15H2,1-5H3,(H,37,38). The van der Waals surface area contributed by atoms with Crippen molar-refractivity contribution in [1.82, 2.24) is 24.9 Å². The molecule has 1 aliphatic heterocycles. The van der Waals surface area contributed by atoms with Gasteiger partial charge in [-0.1, -0.05) is 27.7 Å². The van der Waals surface area contributed by atoms with Gasteiger partial charge < -0.3 is 20.2 Å². The number of hydrogen-bond donors (Lipinski definition) is 2. The number of carboxylic acid groups (broad SMARTS) is 1. The molecular weight excluding hydrogens is 517 g/mol. The zero-order valence-electron chi connectivity index (χ0n) is 22.8. The first kappa shape index (κ1) is 26.9. The van der Waals surface area contributed by atoms with E-state index in [1.807, 2.05) is 34.0 Å². The fraction of sp³-hybridized carbons (Fsp3) is 0.429. The molecule has 0 aliphatic carbocycles. The molecule has 3 aromatic heterocycles. The number of piperidine rings is 1. The van der Waals surface area contributed by atoms with E-state index in [1.54, 1.807) is 12.1 Å². The average molecular weight is 552 g/mol. The molecule has 9 nitrogen and oxygen atoms in total. The molecule has 2 unspecified atom stereocenters. The van der Waals surface area contributed by atoms with Crippen LogP contribution in [-0.4, -0.2) is 56.5 Å². The van der Waals surface area contributed by atoms with Gasteiger partial charge in [-0.2, -0.15) is 4.52 Å². The van der Waals surface area contributed by atoms with Gasteiger partial charge in [-0.05, 0) is 61.1 Å². The van der Waals surface area contributed by atoms with Gasteiger partial charge in [-0.15, -0.1) is 16.4 Å². The van der Waals surface area contributed by atoms with Crippen molar-refractivity contribution in [3.05, 3.63) is 53.3 Å². The lowest BCUT2D eigenvalue weighted by molar-refractivity contribution is 0.177. The molecule has 39 heavy (non-hydrogen) atoms. The minimum Gasteiger partial charge on any atom is -0.465 e. The van der Waals surface area contributed by atoms with Crippen LogP contribution in [0.25, 0.3) is 16.9 Å². The van der Waals surface area contributed by atoms with Crippen LogP contribution in [0.1, 0.15) is 46.2 Å². The number of nitrogens with one attached hydrogen (secondary N) is 1. The highest BCUT2D eigenvalue weighted by atomic mass is 32.1. The summed E-state index contributed by atoms with van der Waals surface area (Å²) >= 11 is 1.51. The molecule has 0 saturated carbocycles. The molecule has 206 valence electrons. The lowest BCUT2D eigenvalue weighted by Gasteiger charge is -2.46. The summed E-state index contributed by atoms with van der Waals surface area (Å²) in [4.78, 5) is 25.3. The van der Waals surface area contributed by atoms with E-state index in [4.69, 9.17) is 15.1 Å². The Balaban J connectivity index is 1.50. The normalized spacial score (nSPS) is 17.9. The van der Waals surface area contributed by atoms with Crippen molar-refractivity contribution in [3.63, 3.8) is 0 Å². The Bertz CT molecular complexity index is 1480. The van der Waals surface area contributed by atoms with Crippen LogP contribution < -0.4 is 15.1 Å². The summed E-state index contributed by atoms with van der Waals surface area (Å²) in [6.07, 6.45) is 1.16. The molecule has 0 bridgehead atoms. The van der Waals surface area contributed by atoms with Crippen LogP contribution >= 0.6 is 11.3 Å². The quantitative estimate of drug-likeness (QED) is 0.304. The summed E-state index contributed by atoms with van der Waals surface area (Å²) in [6.45, 7) is 9.30. The van der Waals surface area contributed by atoms with Gasteiger partial charge in [0, 0.05) is 36.6 Å². The SMILES string of the molecule is CCc1nc2ccc(N3CCC(NC(=O)O)CC3C(C)(C)C)nn2c1N(C)c1nc(-c2ccc(F)cc2)cs1. The van der Waals surface area contributed by atoms with Crippen LogP contribution in [0, 0.1) is 11.2 Å². The monoisotopic (exact) mass is 551 g/mol. The van der Waals surface area contributed by atoms with Gasteiger partial charge in [-0.3, -0.25) is 0 Å². The van der Waals surface area contributed by atoms with E-state index in [9.17, 15) is 14.3 Å². The van der Waals surface area contributed by atoms with Crippen LogP contribution in [0.2, 0.25) is 0 Å². The van der Waals surface area contributed by atoms with Gasteiger partial charge in [0.2, 0.25) is 0 Å². The second kappa shape index (κ2) is 10.4. The first-order chi connectivity index (χ1) is 18.5. The minimum absolute atomic E-state index is 0.0870. The topological polar surface area (TPSA) is 98.9 Å². The Morgan fingerprint density at radius 1 is 1.21 bits per heavy atom. The number of imidazole rings is 1. The number of amides is 1. The van der Waals surface area contributed by atoms with E-state index in [0.717, 1.165) is 45.8 Å². The van der Waals surface area contributed by atoms with Gasteiger partial charge in [0.25, 0.3) is 0 Å². The van der Waals surface area contributed by atoms with Gasteiger partial charge in [-0.25, -0.2) is 19.2 Å². The van der Waals surface area contributed by atoms with Crippen molar-refractivity contribution in [2.75, 3.05) is 23.4 Å². The number of fused-ring (bicyclic) bond motifs is 1. The number of aromatic nitrogens is 4. The van der Waals surface area contributed by atoms with Crippen LogP contribution in [0.3, 0.4) is 0 Å². The number of rotatable bonds is 6. The van der Waals surface area contributed by atoms with E-state index in [-0.39, 0.29) is 23.3 Å². The molecule has 4 heterocycles. The Morgan fingerprint density at radius 3 is 2.62 bits per heavy atom. The fourth-order valence-electron chi connectivity index (χ4n) is 5.31. The fourth-order valence-corrected chi connectivity index (χ4v) is 6.11. The van der Waals surface area contributed by atoms with Crippen LogP contribution in [0.15, 0.2) is 41.8 Å². The summed E-state index contributed by atoms with van der Waals surface area (Å²) in [7, 11) is 1.96. The number of anilines is 3. The van der Waals surface area contributed by atoms with Crippen LogP contribution in [-0.2, 0) is 6.42 Å². The van der Waals surface area contributed by atoms with Crippen molar-refractivity contribution in [3.8, 4) is 11.3 Å². The number of hydrogen-bond acceptors (Lipinski definition) is 7. The molecule has 1 saturated heterocycles. The Labute approximate surface area is 231 Å². The number of carbonyl (C=O) groups is 1. The molecule has 2 N–H and O–H groups in total. The molecule has 5 rings (SSSR count). The van der Waals surface area contributed by atoms with Gasteiger partial charge >= 0.3 is 6.09 Å². The van der Waals surface area contributed by atoms with E-state index in [0.29, 0.717) is 19.4 Å². The average Bonchev–Trinajstić information content (AvgIpc) is 3.53. The Hall–Kier alpha value is -3.73. The van der Waals surface area contributed by atoms with Crippen molar-refractivity contribution < 1.29 is 14.3 Å². The highest BCUT2D eigenvalue weighted by Crippen LogP contribution is 2.37. The molecule has 1 aliphatic rings. The molecule has 11 heteroatoms. The second-order valence-electron chi connectivity index (χ2n) is 11.0. The number of benzene rings is 1. The number of nitrogens with zero attached hydrogens (tertiary/aromatic N) is 6. The van der Waals surface area contributed by atoms with E-state index in [2.05, 4.69) is 37.9 Å². The van der Waals surface area contributed by atoms with Gasteiger partial charge in [0.1, 0.15) is 11.6 Å². The highest BCUT2D eigenvalue weighted by molar-refractivity contribution is 7.14. The van der Waals surface area contributed by atoms with Crippen molar-refractivity contribution >= 4 is 39.8 Å². The molecule has 0 radical (unpaired) electrons. The van der Waals surface area contributed by atoms with Gasteiger partial charge in [0.15, 0.2) is 16.6 Å². The summed E-state index contributed by atoms with van der Waals surface area (Å²) in [5.41, 5.74) is 3.22. The number of thiazole rings is 1. The predicted molar refractivity (Wildman–Crippen MR) is 153 cm³/mol. The number of aryl methyl sites for hydroxylation is 1. The van der Waals surface area contributed by atoms with Crippen molar-refractivity contribution in [2.45, 2.75) is 59.0 Å². The van der Waals surface area contributed by atoms with Gasteiger partial charge in [0.05, 0.1) is 11.4 Å². The lowest BCUT2D eigenvalue weighted by Crippen LogP contribution is -2.54. The third kappa shape index (κ3) is 5.40. The molecule has 1 aromatic carbocycles. The Kier molecular flexibility index (Phi) is 7.19. The molecule has 1 amide bonds. The third-order valence-electron chi connectivity index (χ3n) is 7.30. The minimum atomic E-state index is -0.983. The third-order valence-corrected chi connectivity index (χ3v) is 8.22. The van der Waals surface area contributed by atoms with E-state index in [1.165, 1.54) is 23.5 Å². The molecule has 4 aromatic rings. The smallest absolute Gasteiger partial charge is 0.404 e. The van der Waals surface area contributed by atoms with Crippen LogP contribution in [0.5, 0.6) is 0 Å². The van der Waals surface area contributed by atoms with Crippen LogP contribution in [0.4, 0.5) is 26.0 Å². The summed E-state index contributed by atoms with van der Waals surface area (Å²) in [5.74, 6) is 1.41. The first-order valence-electron chi connectivity index (χ1n) is 13.1. The first-order valence-corrected chi connectivity index (χ1v) is 14.0. The van der Waals surface area contributed by atoms with E-state index < -0.39 is 6.09 Å². The number of halogens is 1. The molecule has 0 spiro atoms. The van der Waals surface area contributed by atoms with E-state index >= 15 is 0 Å². The zero-order chi connectivity index (χ0) is 27.9.